The average Bonchev–Trinajstić information content (AvgIpc) is 3.07. The van der Waals surface area contributed by atoms with Gasteiger partial charge in [0.05, 0.1) is 11.4 Å². The zero-order valence-electron chi connectivity index (χ0n) is 15.8. The summed E-state index contributed by atoms with van der Waals surface area (Å²) in [6.45, 7) is 4.50. The molecule has 1 heterocycles. The molecule has 0 spiro atoms. The maximum Gasteiger partial charge on any atom is 0.214 e. The van der Waals surface area contributed by atoms with Crippen LogP contribution in [-0.4, -0.2) is 30.1 Å². The third-order valence-electron chi connectivity index (χ3n) is 4.08. The van der Waals surface area contributed by atoms with Crippen LogP contribution in [0.3, 0.4) is 0 Å². The number of hydrogen-bond donors (Lipinski definition) is 4. The molecular formula is C21H23FN6O. The minimum Gasteiger partial charge on any atom is -0.403 e. The molecule has 0 atom stereocenters. The number of para-hydroxylation sites is 2. The molecule has 2 aromatic carbocycles. The smallest absolute Gasteiger partial charge is 0.214 e. The molecule has 0 saturated heterocycles. The lowest BCUT2D eigenvalue weighted by atomic mass is 10.2. The Morgan fingerprint density at radius 2 is 1.93 bits per heavy atom. The lowest BCUT2D eigenvalue weighted by molar-refractivity contribution is 0.288. The molecule has 0 fully saturated rings. The van der Waals surface area contributed by atoms with Crippen molar-refractivity contribution in [1.82, 2.24) is 5.32 Å². The molecule has 0 aliphatic carbocycles. The van der Waals surface area contributed by atoms with Gasteiger partial charge in [-0.1, -0.05) is 36.9 Å². The highest BCUT2D eigenvalue weighted by molar-refractivity contribution is 6.32. The van der Waals surface area contributed by atoms with Gasteiger partial charge >= 0.3 is 0 Å². The summed E-state index contributed by atoms with van der Waals surface area (Å²) in [7, 11) is 0. The van der Waals surface area contributed by atoms with Crippen LogP contribution in [0.2, 0.25) is 0 Å². The standard InChI is InChI=1S/C21H23FN6O/c1-15(24-12-7-13-29)25-20-19(14-23)27-21(26-18-11-6-5-10-17(18)22)28(20)16-8-3-2-4-9-16/h2-6,8-11,14,24,29H,1,7,12-13,23H2,(H,26,27)/b19-14+,25-20+. The summed E-state index contributed by atoms with van der Waals surface area (Å²) in [5.41, 5.74) is 7.25. The number of anilines is 2. The number of aliphatic hydroxyl groups excluding tert-OH is 1. The molecule has 0 bridgehead atoms. The minimum atomic E-state index is -0.401. The normalized spacial score (nSPS) is 16.2. The largest absolute Gasteiger partial charge is 0.403 e. The predicted octanol–water partition coefficient (Wildman–Crippen LogP) is 2.76. The first-order valence-electron chi connectivity index (χ1n) is 9.14. The van der Waals surface area contributed by atoms with Crippen LogP contribution < -0.4 is 21.3 Å². The molecule has 150 valence electrons. The van der Waals surface area contributed by atoms with Gasteiger partial charge in [-0.3, -0.25) is 4.90 Å². The van der Waals surface area contributed by atoms with Crippen molar-refractivity contribution >= 4 is 23.2 Å². The Labute approximate surface area is 168 Å². The number of aliphatic hydroxyl groups is 1. The molecule has 5 N–H and O–H groups in total. The molecule has 1 aliphatic rings. The van der Waals surface area contributed by atoms with Crippen molar-refractivity contribution in [3.63, 3.8) is 0 Å². The summed E-state index contributed by atoms with van der Waals surface area (Å²) in [6, 6.07) is 15.8. The minimum absolute atomic E-state index is 0.0702. The monoisotopic (exact) mass is 394 g/mol. The Balaban J connectivity index is 1.97. The summed E-state index contributed by atoms with van der Waals surface area (Å²) >= 11 is 0. The second-order valence-electron chi connectivity index (χ2n) is 6.15. The molecule has 29 heavy (non-hydrogen) atoms. The lowest BCUT2D eigenvalue weighted by Gasteiger charge is -2.22. The zero-order chi connectivity index (χ0) is 20.6. The molecule has 3 rings (SSSR count). The van der Waals surface area contributed by atoms with E-state index in [2.05, 4.69) is 27.2 Å². The van der Waals surface area contributed by atoms with E-state index in [1.807, 2.05) is 30.3 Å². The van der Waals surface area contributed by atoms with Crippen LogP contribution in [0.5, 0.6) is 0 Å². The van der Waals surface area contributed by atoms with E-state index in [9.17, 15) is 4.39 Å². The predicted molar refractivity (Wildman–Crippen MR) is 115 cm³/mol. The van der Waals surface area contributed by atoms with Crippen LogP contribution >= 0.6 is 0 Å². The molecule has 0 amide bonds. The zero-order valence-corrected chi connectivity index (χ0v) is 15.8. The highest BCUT2D eigenvalue weighted by Crippen LogP contribution is 2.26. The first-order chi connectivity index (χ1) is 14.1. The van der Waals surface area contributed by atoms with E-state index in [4.69, 9.17) is 10.8 Å². The van der Waals surface area contributed by atoms with E-state index in [0.717, 1.165) is 5.69 Å². The van der Waals surface area contributed by atoms with E-state index >= 15 is 0 Å². The van der Waals surface area contributed by atoms with Gasteiger partial charge < -0.3 is 21.5 Å². The van der Waals surface area contributed by atoms with Crippen molar-refractivity contribution in [2.24, 2.45) is 15.7 Å². The third-order valence-corrected chi connectivity index (χ3v) is 4.08. The van der Waals surface area contributed by atoms with Crippen molar-refractivity contribution < 1.29 is 9.50 Å². The van der Waals surface area contributed by atoms with Gasteiger partial charge in [0.25, 0.3) is 0 Å². The summed E-state index contributed by atoms with van der Waals surface area (Å²) < 4.78 is 14.2. The van der Waals surface area contributed by atoms with Crippen molar-refractivity contribution in [2.75, 3.05) is 23.4 Å². The number of nitrogens with one attached hydrogen (secondary N) is 2. The average molecular weight is 394 g/mol. The molecule has 8 heteroatoms. The summed E-state index contributed by atoms with van der Waals surface area (Å²) in [5.74, 6) is 0.803. The van der Waals surface area contributed by atoms with Crippen LogP contribution in [0, 0.1) is 5.82 Å². The van der Waals surface area contributed by atoms with E-state index in [1.165, 1.54) is 12.3 Å². The van der Waals surface area contributed by atoms with Gasteiger partial charge in [-0.15, -0.1) is 0 Å². The van der Waals surface area contributed by atoms with Gasteiger partial charge in [-0.25, -0.2) is 14.4 Å². The number of guanidine groups is 1. The number of aliphatic imine (C=N–C) groups is 2. The second-order valence-corrected chi connectivity index (χ2v) is 6.15. The van der Waals surface area contributed by atoms with Crippen molar-refractivity contribution in [1.29, 1.82) is 0 Å². The van der Waals surface area contributed by atoms with Crippen LogP contribution in [0.4, 0.5) is 15.8 Å². The van der Waals surface area contributed by atoms with E-state index in [1.54, 1.807) is 23.1 Å². The number of benzene rings is 2. The first kappa shape index (κ1) is 20.1. The van der Waals surface area contributed by atoms with Crippen LogP contribution in [-0.2, 0) is 0 Å². The number of nitrogens with zero attached hydrogens (tertiary/aromatic N) is 3. The SMILES string of the molecule is C=C(/N=C1\C(=C/N)N=C(Nc2ccccc2F)N1c1ccccc1)NCCCO. The molecule has 7 nitrogen and oxygen atoms in total. The van der Waals surface area contributed by atoms with Gasteiger partial charge in [0, 0.05) is 19.4 Å². The van der Waals surface area contributed by atoms with Gasteiger partial charge in [0.1, 0.15) is 17.3 Å². The molecule has 0 radical (unpaired) electrons. The highest BCUT2D eigenvalue weighted by Gasteiger charge is 2.30. The van der Waals surface area contributed by atoms with Gasteiger partial charge in [-0.2, -0.15) is 0 Å². The summed E-state index contributed by atoms with van der Waals surface area (Å²) in [4.78, 5) is 10.8. The molecule has 2 aromatic rings. The maximum atomic E-state index is 14.2. The molecule has 0 aromatic heterocycles. The fraction of sp³-hybridized carbons (Fsp3) is 0.143. The second kappa shape index (κ2) is 9.52. The number of amidine groups is 1. The first-order valence-corrected chi connectivity index (χ1v) is 9.14. The summed E-state index contributed by atoms with van der Waals surface area (Å²) in [6.07, 6.45) is 1.91. The third kappa shape index (κ3) is 4.80. The molecule has 0 saturated carbocycles. The van der Waals surface area contributed by atoms with Crippen molar-refractivity contribution in [2.45, 2.75) is 6.42 Å². The van der Waals surface area contributed by atoms with E-state index in [0.29, 0.717) is 36.3 Å². The topological polar surface area (TPSA) is 98.3 Å². The van der Waals surface area contributed by atoms with Gasteiger partial charge in [0.15, 0.2) is 5.84 Å². The Kier molecular flexibility index (Phi) is 6.59. The van der Waals surface area contributed by atoms with E-state index in [-0.39, 0.29) is 12.3 Å². The number of nitrogens with two attached hydrogens (primary N) is 1. The van der Waals surface area contributed by atoms with Gasteiger partial charge in [0.2, 0.25) is 5.96 Å². The van der Waals surface area contributed by atoms with Gasteiger partial charge in [-0.05, 0) is 30.7 Å². The molecular weight excluding hydrogens is 371 g/mol. The Bertz CT molecular complexity index is 955. The molecule has 1 aliphatic heterocycles. The highest BCUT2D eigenvalue weighted by atomic mass is 19.1. The van der Waals surface area contributed by atoms with Crippen molar-refractivity contribution in [3.05, 3.63) is 84.7 Å². The number of halogens is 1. The Hall–Kier alpha value is -3.65. The maximum absolute atomic E-state index is 14.2. The Morgan fingerprint density at radius 1 is 1.21 bits per heavy atom. The lowest BCUT2D eigenvalue weighted by Crippen LogP contribution is -2.37. The number of rotatable bonds is 7. The fourth-order valence-corrected chi connectivity index (χ4v) is 2.72. The van der Waals surface area contributed by atoms with Crippen LogP contribution in [0.15, 0.2) is 88.9 Å². The number of hydrogen-bond acceptors (Lipinski definition) is 6. The van der Waals surface area contributed by atoms with Crippen LogP contribution in [0.1, 0.15) is 6.42 Å². The Morgan fingerprint density at radius 3 is 2.62 bits per heavy atom. The quantitative estimate of drug-likeness (QED) is 0.542. The van der Waals surface area contributed by atoms with Crippen LogP contribution in [0.25, 0.3) is 0 Å². The fourth-order valence-electron chi connectivity index (χ4n) is 2.72. The van der Waals surface area contributed by atoms with Crippen molar-refractivity contribution in [3.8, 4) is 0 Å². The molecule has 0 unspecified atom stereocenters. The summed E-state index contributed by atoms with van der Waals surface area (Å²) in [5, 5.41) is 15.0. The van der Waals surface area contributed by atoms with E-state index < -0.39 is 5.82 Å².